The number of aliphatic imine (C=N–C) groups is 1. The van der Waals surface area contributed by atoms with Gasteiger partial charge in [0.25, 0.3) is 0 Å². The van der Waals surface area contributed by atoms with E-state index in [2.05, 4.69) is 20.5 Å². The van der Waals surface area contributed by atoms with Gasteiger partial charge in [-0.05, 0) is 32.7 Å². The van der Waals surface area contributed by atoms with Crippen molar-refractivity contribution in [1.82, 2.24) is 19.8 Å². The zero-order valence-corrected chi connectivity index (χ0v) is 17.2. The maximum atomic E-state index is 12.6. The van der Waals surface area contributed by atoms with Gasteiger partial charge >= 0.3 is 15.5 Å². The molecule has 0 bridgehead atoms. The number of likely N-dealkylation sites (N-methyl/N-ethyl adjacent to an activating group) is 1. The molecule has 12 heteroatoms. The quantitative estimate of drug-likeness (QED) is 0.471. The first-order valence-electron chi connectivity index (χ1n) is 9.52. The van der Waals surface area contributed by atoms with Gasteiger partial charge in [0.1, 0.15) is 0 Å². The third-order valence-corrected chi connectivity index (χ3v) is 6.53. The van der Waals surface area contributed by atoms with E-state index < -0.39 is 15.5 Å². The highest BCUT2D eigenvalue weighted by atomic mass is 32.2. The Morgan fingerprint density at radius 1 is 1.21 bits per heavy atom. The van der Waals surface area contributed by atoms with E-state index in [1.165, 1.54) is 0 Å². The molecule has 2 aliphatic heterocycles. The molecule has 0 aliphatic carbocycles. The Morgan fingerprint density at radius 3 is 2.46 bits per heavy atom. The Morgan fingerprint density at radius 2 is 1.89 bits per heavy atom. The fraction of sp³-hybridized carbons (Fsp3) is 0.938. The van der Waals surface area contributed by atoms with Gasteiger partial charge in [-0.2, -0.15) is 17.5 Å². The highest BCUT2D eigenvalue weighted by molar-refractivity contribution is 7.90. The number of sulfonamides is 1. The fourth-order valence-corrected chi connectivity index (χ4v) is 4.23. The summed E-state index contributed by atoms with van der Waals surface area (Å²) in [5.41, 5.74) is -5.24. The fourth-order valence-electron chi connectivity index (χ4n) is 3.24. The Labute approximate surface area is 164 Å². The molecule has 0 aromatic heterocycles. The molecule has 0 spiro atoms. The first-order chi connectivity index (χ1) is 13.1. The number of ether oxygens (including phenoxy) is 1. The smallest absolute Gasteiger partial charge is 0.374 e. The predicted octanol–water partition coefficient (Wildman–Crippen LogP) is 0.434. The highest BCUT2D eigenvalue weighted by Gasteiger charge is 2.50. The highest BCUT2D eigenvalue weighted by Crippen LogP contribution is 2.30. The number of alkyl halides is 3. The van der Waals surface area contributed by atoms with E-state index in [4.69, 9.17) is 4.74 Å². The van der Waals surface area contributed by atoms with Crippen molar-refractivity contribution in [3.63, 3.8) is 0 Å². The number of guanidine groups is 1. The first-order valence-corrected chi connectivity index (χ1v) is 11.0. The summed E-state index contributed by atoms with van der Waals surface area (Å²) in [4.78, 5) is 6.71. The maximum absolute atomic E-state index is 12.6. The van der Waals surface area contributed by atoms with Crippen molar-refractivity contribution < 1.29 is 26.3 Å². The van der Waals surface area contributed by atoms with E-state index in [-0.39, 0.29) is 25.1 Å². The van der Waals surface area contributed by atoms with Crippen LogP contribution in [-0.2, 0) is 14.8 Å². The van der Waals surface area contributed by atoms with Crippen molar-refractivity contribution >= 4 is 16.0 Å². The summed E-state index contributed by atoms with van der Waals surface area (Å²) < 4.78 is 67.1. The van der Waals surface area contributed by atoms with Crippen LogP contribution in [0.1, 0.15) is 19.8 Å². The zero-order chi connectivity index (χ0) is 20.8. The molecule has 0 amide bonds. The van der Waals surface area contributed by atoms with Gasteiger partial charge in [0.15, 0.2) is 5.96 Å². The number of hydrogen-bond acceptors (Lipinski definition) is 5. The molecule has 164 valence electrons. The summed E-state index contributed by atoms with van der Waals surface area (Å²) in [5.74, 6) is 0.678. The monoisotopic (exact) mass is 429 g/mol. The van der Waals surface area contributed by atoms with Crippen molar-refractivity contribution in [1.29, 1.82) is 0 Å². The minimum atomic E-state index is -5.24. The lowest BCUT2D eigenvalue weighted by Gasteiger charge is -2.31. The van der Waals surface area contributed by atoms with Gasteiger partial charge in [-0.15, -0.1) is 0 Å². The third kappa shape index (κ3) is 6.46. The van der Waals surface area contributed by atoms with Crippen molar-refractivity contribution in [2.45, 2.75) is 31.4 Å². The number of halogens is 3. The molecule has 2 heterocycles. The Kier molecular flexibility index (Phi) is 8.34. The predicted molar refractivity (Wildman–Crippen MR) is 100 cm³/mol. The van der Waals surface area contributed by atoms with E-state index in [9.17, 15) is 21.6 Å². The lowest BCUT2D eigenvalue weighted by molar-refractivity contribution is -0.0496. The van der Waals surface area contributed by atoms with Crippen LogP contribution >= 0.6 is 0 Å². The Bertz CT molecular complexity index is 622. The minimum absolute atomic E-state index is 0.0483. The molecule has 2 aliphatic rings. The van der Waals surface area contributed by atoms with Gasteiger partial charge in [-0.25, -0.2) is 8.42 Å². The van der Waals surface area contributed by atoms with E-state index in [0.29, 0.717) is 49.3 Å². The average Bonchev–Trinajstić information content (AvgIpc) is 2.63. The molecule has 2 saturated heterocycles. The van der Waals surface area contributed by atoms with Crippen LogP contribution < -0.4 is 10.6 Å². The number of hydrogen-bond donors (Lipinski definition) is 2. The topological polar surface area (TPSA) is 86.3 Å². The molecule has 0 saturated carbocycles. The molecule has 2 N–H and O–H groups in total. The van der Waals surface area contributed by atoms with Gasteiger partial charge in [0.05, 0.1) is 12.7 Å². The first kappa shape index (κ1) is 23.2. The van der Waals surface area contributed by atoms with E-state index >= 15 is 0 Å². The molecule has 28 heavy (non-hydrogen) atoms. The number of morpholine rings is 1. The lowest BCUT2D eigenvalue weighted by atomic mass is 9.98. The number of piperidine rings is 1. The van der Waals surface area contributed by atoms with Crippen LogP contribution in [-0.4, -0.2) is 94.7 Å². The van der Waals surface area contributed by atoms with Crippen LogP contribution in [0.4, 0.5) is 13.2 Å². The van der Waals surface area contributed by atoms with E-state index in [1.807, 2.05) is 14.0 Å². The zero-order valence-electron chi connectivity index (χ0n) is 16.3. The normalized spacial score (nSPS) is 24.3. The van der Waals surface area contributed by atoms with Crippen LogP contribution in [0.25, 0.3) is 0 Å². The summed E-state index contributed by atoms with van der Waals surface area (Å²) >= 11 is 0. The van der Waals surface area contributed by atoms with E-state index in [0.717, 1.165) is 13.1 Å². The average molecular weight is 430 g/mol. The molecule has 1 atom stereocenters. The Hall–Kier alpha value is -1.11. The van der Waals surface area contributed by atoms with Crippen LogP contribution in [0.2, 0.25) is 0 Å². The standard InChI is InChI=1S/C16H30F3N5O3S/c1-3-20-15(22-11-14-12-23(2)8-9-27-14)21-10-13-4-6-24(7-5-13)28(25,26)16(17,18)19/h13-14H,3-12H2,1-2H3,(H2,20,21,22). The number of rotatable bonds is 6. The molecular weight excluding hydrogens is 399 g/mol. The summed E-state index contributed by atoms with van der Waals surface area (Å²) in [6.45, 7) is 5.84. The van der Waals surface area contributed by atoms with Gasteiger partial charge in [0.2, 0.25) is 0 Å². The second-order valence-electron chi connectivity index (χ2n) is 7.15. The number of nitrogens with one attached hydrogen (secondary N) is 2. The molecule has 1 unspecified atom stereocenters. The second-order valence-corrected chi connectivity index (χ2v) is 9.08. The van der Waals surface area contributed by atoms with Crippen molar-refractivity contribution in [2.75, 3.05) is 59.5 Å². The van der Waals surface area contributed by atoms with Crippen LogP contribution in [0.3, 0.4) is 0 Å². The summed E-state index contributed by atoms with van der Waals surface area (Å²) in [6, 6.07) is 0. The van der Waals surface area contributed by atoms with Gasteiger partial charge in [0, 0.05) is 45.8 Å². The molecule has 2 fully saturated rings. The van der Waals surface area contributed by atoms with Crippen LogP contribution in [0.15, 0.2) is 4.99 Å². The molecule has 2 rings (SSSR count). The molecular formula is C16H30F3N5O3S. The van der Waals surface area contributed by atoms with Crippen molar-refractivity contribution in [2.24, 2.45) is 10.9 Å². The van der Waals surface area contributed by atoms with Crippen molar-refractivity contribution in [3.8, 4) is 0 Å². The third-order valence-electron chi connectivity index (χ3n) is 4.90. The minimum Gasteiger partial charge on any atom is -0.374 e. The Balaban J connectivity index is 1.82. The lowest BCUT2D eigenvalue weighted by Crippen LogP contribution is -2.48. The molecule has 0 aromatic rings. The van der Waals surface area contributed by atoms with Crippen LogP contribution in [0.5, 0.6) is 0 Å². The van der Waals surface area contributed by atoms with Gasteiger partial charge in [-0.1, -0.05) is 0 Å². The molecule has 0 aromatic carbocycles. The van der Waals surface area contributed by atoms with E-state index in [1.54, 1.807) is 0 Å². The second kappa shape index (κ2) is 10.1. The summed E-state index contributed by atoms with van der Waals surface area (Å²) in [7, 11) is -3.19. The van der Waals surface area contributed by atoms with Crippen LogP contribution in [0, 0.1) is 5.92 Å². The number of nitrogens with zero attached hydrogens (tertiary/aromatic N) is 3. The molecule has 8 nitrogen and oxygen atoms in total. The van der Waals surface area contributed by atoms with Gasteiger partial charge < -0.3 is 20.3 Å². The van der Waals surface area contributed by atoms with Gasteiger partial charge in [-0.3, -0.25) is 4.99 Å². The molecule has 0 radical (unpaired) electrons. The summed E-state index contributed by atoms with van der Waals surface area (Å²) in [5, 5.41) is 6.38. The largest absolute Gasteiger partial charge is 0.511 e. The summed E-state index contributed by atoms with van der Waals surface area (Å²) in [6.07, 6.45) is 0.780. The maximum Gasteiger partial charge on any atom is 0.511 e. The van der Waals surface area contributed by atoms with Crippen molar-refractivity contribution in [3.05, 3.63) is 0 Å². The SMILES string of the molecule is CCNC(=NCC1CCN(S(=O)(=O)C(F)(F)F)CC1)NCC1CN(C)CCO1.